The first kappa shape index (κ1) is 21.3. The van der Waals surface area contributed by atoms with Crippen molar-refractivity contribution in [2.75, 3.05) is 0 Å². The normalized spacial score (nSPS) is 13.7. The van der Waals surface area contributed by atoms with E-state index in [4.69, 9.17) is 4.74 Å². The summed E-state index contributed by atoms with van der Waals surface area (Å²) in [6, 6.07) is 20.8. The average Bonchev–Trinajstić information content (AvgIpc) is 3.11. The standard InChI is InChI=1S/C26H19N3O5/c30-23-15-18(27-22-12-6-7-13-28(22)23)16-34-26(33)21(14-17-8-2-1-3-9-17)29-24(31)19-10-4-5-11-20(19)25(29)32/h1-13,15,21H,14,16H2/t21-/m0/s1. The smallest absolute Gasteiger partial charge is 0.330 e. The van der Waals surface area contributed by atoms with Crippen molar-refractivity contribution in [1.82, 2.24) is 14.3 Å². The van der Waals surface area contributed by atoms with Crippen LogP contribution in [0.15, 0.2) is 89.9 Å². The molecule has 0 saturated carbocycles. The topological polar surface area (TPSA) is 98.1 Å². The number of hydrogen-bond donors (Lipinski definition) is 0. The third-order valence-electron chi connectivity index (χ3n) is 5.67. The van der Waals surface area contributed by atoms with E-state index in [0.29, 0.717) is 5.65 Å². The highest BCUT2D eigenvalue weighted by Gasteiger charge is 2.43. The molecule has 0 saturated heterocycles. The Bertz CT molecular complexity index is 1440. The molecule has 0 fully saturated rings. The van der Waals surface area contributed by atoms with Crippen molar-refractivity contribution in [3.8, 4) is 0 Å². The van der Waals surface area contributed by atoms with Gasteiger partial charge in [0, 0.05) is 18.7 Å². The molecule has 4 aromatic rings. The predicted molar refractivity (Wildman–Crippen MR) is 122 cm³/mol. The van der Waals surface area contributed by atoms with Crippen molar-refractivity contribution < 1.29 is 19.1 Å². The Morgan fingerprint density at radius 3 is 2.21 bits per heavy atom. The Morgan fingerprint density at radius 2 is 1.50 bits per heavy atom. The molecule has 2 aromatic carbocycles. The van der Waals surface area contributed by atoms with Crippen LogP contribution >= 0.6 is 0 Å². The van der Waals surface area contributed by atoms with Crippen molar-refractivity contribution in [3.63, 3.8) is 0 Å². The molecular formula is C26H19N3O5. The highest BCUT2D eigenvalue weighted by atomic mass is 16.5. The van der Waals surface area contributed by atoms with E-state index in [9.17, 15) is 19.2 Å². The number of fused-ring (bicyclic) bond motifs is 2. The van der Waals surface area contributed by atoms with E-state index >= 15 is 0 Å². The quantitative estimate of drug-likeness (QED) is 0.329. The summed E-state index contributed by atoms with van der Waals surface area (Å²) in [4.78, 5) is 57.0. The van der Waals surface area contributed by atoms with Crippen molar-refractivity contribution in [2.24, 2.45) is 0 Å². The van der Waals surface area contributed by atoms with Gasteiger partial charge in [0.15, 0.2) is 0 Å². The number of amides is 2. The second-order valence-corrected chi connectivity index (χ2v) is 7.85. The highest BCUT2D eigenvalue weighted by molar-refractivity contribution is 6.22. The molecule has 0 unspecified atom stereocenters. The van der Waals surface area contributed by atoms with Gasteiger partial charge in [-0.15, -0.1) is 0 Å². The molecule has 0 N–H and O–H groups in total. The van der Waals surface area contributed by atoms with Crippen LogP contribution in [0.3, 0.4) is 0 Å². The molecule has 168 valence electrons. The van der Waals surface area contributed by atoms with Crippen molar-refractivity contribution in [2.45, 2.75) is 19.1 Å². The van der Waals surface area contributed by atoms with Gasteiger partial charge in [0.2, 0.25) is 0 Å². The average molecular weight is 453 g/mol. The molecule has 2 aromatic heterocycles. The minimum Gasteiger partial charge on any atom is -0.458 e. The summed E-state index contributed by atoms with van der Waals surface area (Å²) in [5.74, 6) is -1.84. The van der Waals surface area contributed by atoms with Gasteiger partial charge < -0.3 is 4.74 Å². The van der Waals surface area contributed by atoms with Crippen LogP contribution in [-0.2, 0) is 22.6 Å². The maximum absolute atomic E-state index is 13.2. The summed E-state index contributed by atoms with van der Waals surface area (Å²) >= 11 is 0. The minimum atomic E-state index is -1.17. The molecule has 1 atom stereocenters. The molecule has 0 spiro atoms. The fourth-order valence-electron chi connectivity index (χ4n) is 4.03. The Labute approximate surface area is 194 Å². The third-order valence-corrected chi connectivity index (χ3v) is 5.67. The molecular weight excluding hydrogens is 434 g/mol. The highest BCUT2D eigenvalue weighted by Crippen LogP contribution is 2.26. The second kappa shape index (κ2) is 8.74. The zero-order valence-corrected chi connectivity index (χ0v) is 18.0. The zero-order valence-electron chi connectivity index (χ0n) is 18.0. The number of nitrogens with zero attached hydrogens (tertiary/aromatic N) is 3. The molecule has 8 nitrogen and oxygen atoms in total. The number of carbonyl (C=O) groups is 3. The number of rotatable bonds is 6. The van der Waals surface area contributed by atoms with Crippen molar-refractivity contribution >= 4 is 23.4 Å². The fourth-order valence-corrected chi connectivity index (χ4v) is 4.03. The maximum Gasteiger partial charge on any atom is 0.330 e. The van der Waals surface area contributed by atoms with Crippen LogP contribution in [0.2, 0.25) is 0 Å². The van der Waals surface area contributed by atoms with E-state index in [-0.39, 0.29) is 35.4 Å². The van der Waals surface area contributed by atoms with Crippen LogP contribution < -0.4 is 5.56 Å². The first-order valence-electron chi connectivity index (χ1n) is 10.7. The summed E-state index contributed by atoms with van der Waals surface area (Å²) in [5.41, 5.74) is 1.65. The SMILES string of the molecule is O=C(OCc1cc(=O)n2ccccc2n1)[C@H](Cc1ccccc1)N1C(=O)c2ccccc2C1=O. The predicted octanol–water partition coefficient (Wildman–Crippen LogP) is 2.65. The van der Waals surface area contributed by atoms with Crippen LogP contribution in [-0.4, -0.2) is 38.1 Å². The Hall–Kier alpha value is -4.59. The van der Waals surface area contributed by atoms with Crippen molar-refractivity contribution in [1.29, 1.82) is 0 Å². The van der Waals surface area contributed by atoms with Gasteiger partial charge >= 0.3 is 5.97 Å². The van der Waals surface area contributed by atoms with Gasteiger partial charge in [-0.1, -0.05) is 48.5 Å². The van der Waals surface area contributed by atoms with Gasteiger partial charge in [-0.05, 0) is 29.8 Å². The Balaban J connectivity index is 1.43. The van der Waals surface area contributed by atoms with Crippen LogP contribution in [0.1, 0.15) is 32.0 Å². The number of ether oxygens (including phenoxy) is 1. The first-order chi connectivity index (χ1) is 16.5. The second-order valence-electron chi connectivity index (χ2n) is 7.85. The summed E-state index contributed by atoms with van der Waals surface area (Å²) in [7, 11) is 0. The summed E-state index contributed by atoms with van der Waals surface area (Å²) < 4.78 is 6.86. The van der Waals surface area contributed by atoms with Gasteiger partial charge in [0.05, 0.1) is 16.8 Å². The monoisotopic (exact) mass is 453 g/mol. The number of pyridine rings is 1. The largest absolute Gasteiger partial charge is 0.458 e. The van der Waals surface area contributed by atoms with Gasteiger partial charge in [0.1, 0.15) is 18.3 Å². The third kappa shape index (κ3) is 3.86. The molecule has 8 heteroatoms. The van der Waals surface area contributed by atoms with E-state index in [1.54, 1.807) is 48.7 Å². The summed E-state index contributed by atoms with van der Waals surface area (Å²) in [5, 5.41) is 0. The molecule has 0 aliphatic carbocycles. The lowest BCUT2D eigenvalue weighted by Crippen LogP contribution is -2.47. The van der Waals surface area contributed by atoms with E-state index in [0.717, 1.165) is 10.5 Å². The lowest BCUT2D eigenvalue weighted by molar-refractivity contribution is -0.149. The van der Waals surface area contributed by atoms with E-state index in [1.165, 1.54) is 10.5 Å². The lowest BCUT2D eigenvalue weighted by atomic mass is 10.0. The Kier molecular flexibility index (Phi) is 5.47. The maximum atomic E-state index is 13.2. The molecule has 2 amide bonds. The van der Waals surface area contributed by atoms with E-state index < -0.39 is 23.8 Å². The van der Waals surface area contributed by atoms with Gasteiger partial charge in [-0.2, -0.15) is 0 Å². The van der Waals surface area contributed by atoms with Crippen LogP contribution in [0.25, 0.3) is 5.65 Å². The molecule has 34 heavy (non-hydrogen) atoms. The van der Waals surface area contributed by atoms with Crippen molar-refractivity contribution in [3.05, 3.63) is 118 Å². The van der Waals surface area contributed by atoms with Crippen LogP contribution in [0.5, 0.6) is 0 Å². The van der Waals surface area contributed by atoms with E-state index in [2.05, 4.69) is 4.98 Å². The number of esters is 1. The number of benzene rings is 2. The first-order valence-corrected chi connectivity index (χ1v) is 10.7. The molecule has 0 radical (unpaired) electrons. The number of hydrogen-bond acceptors (Lipinski definition) is 6. The van der Waals surface area contributed by atoms with E-state index in [1.807, 2.05) is 30.3 Å². The zero-order chi connectivity index (χ0) is 23.7. The number of carbonyl (C=O) groups excluding carboxylic acids is 3. The minimum absolute atomic E-state index is 0.0962. The Morgan fingerprint density at radius 1 is 0.853 bits per heavy atom. The fraction of sp³-hybridized carbons (Fsp3) is 0.115. The van der Waals surface area contributed by atoms with Gasteiger partial charge in [-0.25, -0.2) is 9.78 Å². The molecule has 5 rings (SSSR count). The number of aromatic nitrogens is 2. The van der Waals surface area contributed by atoms with Crippen LogP contribution in [0, 0.1) is 0 Å². The lowest BCUT2D eigenvalue weighted by Gasteiger charge is -2.24. The summed E-state index contributed by atoms with van der Waals surface area (Å²) in [6.45, 7) is -0.270. The molecule has 1 aliphatic rings. The molecule has 3 heterocycles. The van der Waals surface area contributed by atoms with Gasteiger partial charge in [0.25, 0.3) is 17.4 Å². The molecule has 0 bridgehead atoms. The van der Waals surface area contributed by atoms with Crippen LogP contribution in [0.4, 0.5) is 0 Å². The molecule has 1 aliphatic heterocycles. The summed E-state index contributed by atoms with van der Waals surface area (Å²) in [6.07, 6.45) is 1.69. The van der Waals surface area contributed by atoms with Gasteiger partial charge in [-0.3, -0.25) is 23.7 Å². The number of imide groups is 1.